The number of fused-ring (bicyclic) bond motifs is 1. The second kappa shape index (κ2) is 7.76. The van der Waals surface area contributed by atoms with Crippen molar-refractivity contribution in [2.45, 2.75) is 34.2 Å². The summed E-state index contributed by atoms with van der Waals surface area (Å²) >= 11 is 1.56. The molecule has 146 valence electrons. The van der Waals surface area contributed by atoms with Crippen molar-refractivity contribution in [1.29, 1.82) is 0 Å². The summed E-state index contributed by atoms with van der Waals surface area (Å²) in [5.74, 6) is -0.0507. The largest absolute Gasteiger partial charge is 0.278 e. The summed E-state index contributed by atoms with van der Waals surface area (Å²) in [6.07, 6.45) is 1.75. The van der Waals surface area contributed by atoms with Gasteiger partial charge in [0.15, 0.2) is 5.13 Å². The van der Waals surface area contributed by atoms with Crippen molar-refractivity contribution >= 4 is 32.6 Å². The summed E-state index contributed by atoms with van der Waals surface area (Å²) in [7, 11) is 0. The van der Waals surface area contributed by atoms with Gasteiger partial charge in [0.1, 0.15) is 0 Å². The third kappa shape index (κ3) is 3.91. The number of hydrogen-bond acceptors (Lipinski definition) is 4. The summed E-state index contributed by atoms with van der Waals surface area (Å²) in [5, 5.41) is 0.699. The molecular weight excluding hydrogens is 378 g/mol. The van der Waals surface area contributed by atoms with E-state index < -0.39 is 0 Å². The highest BCUT2D eigenvalue weighted by Crippen LogP contribution is 2.33. The van der Waals surface area contributed by atoms with Crippen molar-refractivity contribution in [2.75, 3.05) is 4.90 Å². The van der Waals surface area contributed by atoms with E-state index in [1.807, 2.05) is 50.2 Å². The van der Waals surface area contributed by atoms with E-state index in [0.29, 0.717) is 17.2 Å². The molecule has 0 bridgehead atoms. The first kappa shape index (κ1) is 19.3. The van der Waals surface area contributed by atoms with Gasteiger partial charge >= 0.3 is 0 Å². The highest BCUT2D eigenvalue weighted by Gasteiger charge is 2.24. The van der Waals surface area contributed by atoms with E-state index in [9.17, 15) is 4.79 Å². The first-order chi connectivity index (χ1) is 13.9. The van der Waals surface area contributed by atoms with E-state index in [1.165, 1.54) is 11.1 Å². The van der Waals surface area contributed by atoms with Gasteiger partial charge in [-0.2, -0.15) is 0 Å². The van der Waals surface area contributed by atoms with Crippen molar-refractivity contribution in [2.24, 2.45) is 0 Å². The van der Waals surface area contributed by atoms with Crippen LogP contribution in [0.15, 0.2) is 54.7 Å². The lowest BCUT2D eigenvalue weighted by molar-refractivity contribution is 0.0984. The molecule has 0 spiro atoms. The number of rotatable bonds is 4. The van der Waals surface area contributed by atoms with Crippen molar-refractivity contribution in [3.05, 3.63) is 88.2 Å². The molecule has 4 nitrogen and oxygen atoms in total. The number of hydrogen-bond donors (Lipinski definition) is 0. The van der Waals surface area contributed by atoms with E-state index >= 15 is 0 Å². The molecule has 2 aromatic heterocycles. The van der Waals surface area contributed by atoms with Crippen LogP contribution in [0.3, 0.4) is 0 Å². The zero-order valence-electron chi connectivity index (χ0n) is 17.1. The Hall–Kier alpha value is -3.05. The third-order valence-corrected chi connectivity index (χ3v) is 6.18. The van der Waals surface area contributed by atoms with Crippen LogP contribution in [-0.4, -0.2) is 15.9 Å². The third-order valence-electron chi connectivity index (χ3n) is 4.95. The van der Waals surface area contributed by atoms with Crippen molar-refractivity contribution < 1.29 is 4.79 Å². The number of thiazole rings is 1. The average Bonchev–Trinajstić information content (AvgIpc) is 3.12. The number of pyridine rings is 1. The second-order valence-corrected chi connectivity index (χ2v) is 8.43. The molecule has 4 rings (SSSR count). The van der Waals surface area contributed by atoms with Gasteiger partial charge < -0.3 is 0 Å². The second-order valence-electron chi connectivity index (χ2n) is 7.46. The summed E-state index contributed by atoms with van der Waals surface area (Å²) in [6.45, 7) is 8.51. The topological polar surface area (TPSA) is 46.1 Å². The molecule has 29 heavy (non-hydrogen) atoms. The first-order valence-corrected chi connectivity index (χ1v) is 10.4. The lowest BCUT2D eigenvalue weighted by Gasteiger charge is -2.21. The molecule has 0 fully saturated rings. The smallest absolute Gasteiger partial charge is 0.260 e. The van der Waals surface area contributed by atoms with Crippen molar-refractivity contribution in [3.8, 4) is 0 Å². The Labute approximate surface area is 174 Å². The average molecular weight is 402 g/mol. The van der Waals surface area contributed by atoms with Crippen LogP contribution in [0.1, 0.15) is 38.3 Å². The Bertz CT molecular complexity index is 1200. The Morgan fingerprint density at radius 3 is 2.55 bits per heavy atom. The molecule has 0 aliphatic rings. The summed E-state index contributed by atoms with van der Waals surface area (Å²) in [4.78, 5) is 24.6. The molecule has 0 unspecified atom stereocenters. The zero-order chi connectivity index (χ0) is 20.5. The standard InChI is InChI=1S/C24H23N3OS/c1-15-8-9-17(3)20(12-15)23(28)27(14-19-7-5-6-10-25-19)24-26-21-13-16(2)11-18(4)22(21)29-24/h5-13H,14H2,1-4H3. The van der Waals surface area contributed by atoms with E-state index in [4.69, 9.17) is 4.98 Å². The first-order valence-electron chi connectivity index (χ1n) is 9.59. The highest BCUT2D eigenvalue weighted by atomic mass is 32.1. The van der Waals surface area contributed by atoms with E-state index in [2.05, 4.69) is 31.0 Å². The van der Waals surface area contributed by atoms with Gasteiger partial charge in [0.2, 0.25) is 0 Å². The number of carbonyl (C=O) groups is 1. The Kier molecular flexibility index (Phi) is 5.16. The van der Waals surface area contributed by atoms with Gasteiger partial charge in [0.25, 0.3) is 5.91 Å². The predicted molar refractivity (Wildman–Crippen MR) is 120 cm³/mol. The van der Waals surface area contributed by atoms with Crippen LogP contribution < -0.4 is 4.90 Å². The van der Waals surface area contributed by atoms with Crippen molar-refractivity contribution in [3.63, 3.8) is 0 Å². The molecule has 0 saturated carbocycles. The van der Waals surface area contributed by atoms with Gasteiger partial charge in [0, 0.05) is 11.8 Å². The SMILES string of the molecule is Cc1ccc(C)c(C(=O)N(Cc2ccccn2)c2nc3cc(C)cc(C)c3s2)c1. The molecule has 4 aromatic rings. The fourth-order valence-corrected chi connectivity index (χ4v) is 4.49. The maximum Gasteiger partial charge on any atom is 0.260 e. The zero-order valence-corrected chi connectivity index (χ0v) is 17.9. The minimum Gasteiger partial charge on any atom is -0.278 e. The number of aromatic nitrogens is 2. The van der Waals surface area contributed by atoms with Crippen molar-refractivity contribution in [1.82, 2.24) is 9.97 Å². The quantitative estimate of drug-likeness (QED) is 0.436. The van der Waals surface area contributed by atoms with Crippen LogP contribution in [-0.2, 0) is 6.54 Å². The fourth-order valence-electron chi connectivity index (χ4n) is 3.47. The number of amides is 1. The summed E-state index contributed by atoms with van der Waals surface area (Å²) < 4.78 is 1.12. The number of benzene rings is 2. The molecular formula is C24H23N3OS. The molecule has 5 heteroatoms. The van der Waals surface area contributed by atoms with Gasteiger partial charge in [-0.1, -0.05) is 41.2 Å². The lowest BCUT2D eigenvalue weighted by atomic mass is 10.0. The van der Waals surface area contributed by atoms with Crippen LogP contribution in [0.25, 0.3) is 10.2 Å². The molecule has 0 N–H and O–H groups in total. The van der Waals surface area contributed by atoms with Crippen LogP contribution >= 0.6 is 11.3 Å². The van der Waals surface area contributed by atoms with E-state index in [0.717, 1.165) is 27.0 Å². The van der Waals surface area contributed by atoms with Gasteiger partial charge in [-0.15, -0.1) is 0 Å². The van der Waals surface area contributed by atoms with E-state index in [-0.39, 0.29) is 5.91 Å². The fraction of sp³-hybridized carbons (Fsp3) is 0.208. The maximum atomic E-state index is 13.6. The monoisotopic (exact) mass is 401 g/mol. The minimum atomic E-state index is -0.0507. The van der Waals surface area contributed by atoms with Gasteiger partial charge in [-0.25, -0.2) is 4.98 Å². The Morgan fingerprint density at radius 1 is 0.966 bits per heavy atom. The van der Waals surface area contributed by atoms with Gasteiger partial charge in [-0.05, 0) is 68.7 Å². The molecule has 2 aromatic carbocycles. The predicted octanol–water partition coefficient (Wildman–Crippen LogP) is 5.77. The molecule has 0 atom stereocenters. The highest BCUT2D eigenvalue weighted by molar-refractivity contribution is 7.22. The summed E-state index contributed by atoms with van der Waals surface area (Å²) in [5.41, 5.74) is 6.84. The van der Waals surface area contributed by atoms with Gasteiger partial charge in [-0.3, -0.25) is 14.7 Å². The molecule has 2 heterocycles. The molecule has 1 amide bonds. The molecule has 0 saturated heterocycles. The molecule has 0 aliphatic carbocycles. The summed E-state index contributed by atoms with van der Waals surface area (Å²) in [6, 6.07) is 16.0. The normalized spacial score (nSPS) is 11.0. The minimum absolute atomic E-state index is 0.0507. The van der Waals surface area contributed by atoms with Crippen LogP contribution in [0.2, 0.25) is 0 Å². The Balaban J connectivity index is 1.83. The number of aryl methyl sites for hydroxylation is 4. The maximum absolute atomic E-state index is 13.6. The van der Waals surface area contributed by atoms with E-state index in [1.54, 1.807) is 22.4 Å². The van der Waals surface area contributed by atoms with Crippen LogP contribution in [0, 0.1) is 27.7 Å². The van der Waals surface area contributed by atoms with Crippen LogP contribution in [0.5, 0.6) is 0 Å². The number of anilines is 1. The molecule has 0 radical (unpaired) electrons. The van der Waals surface area contributed by atoms with Crippen LogP contribution in [0.4, 0.5) is 5.13 Å². The number of nitrogens with zero attached hydrogens (tertiary/aromatic N) is 3. The lowest BCUT2D eigenvalue weighted by Crippen LogP contribution is -2.31. The van der Waals surface area contributed by atoms with Gasteiger partial charge in [0.05, 0.1) is 22.5 Å². The molecule has 0 aliphatic heterocycles. The Morgan fingerprint density at radius 2 is 1.79 bits per heavy atom. The number of carbonyl (C=O) groups excluding carboxylic acids is 1.